The zero-order valence-corrected chi connectivity index (χ0v) is 20.3. The Balaban J connectivity index is 1.37. The Morgan fingerprint density at radius 2 is 1.67 bits per heavy atom. The third kappa shape index (κ3) is 4.03. The fraction of sp³-hybridized carbons (Fsp3) is 0.0690. The average molecular weight is 491 g/mol. The van der Waals surface area contributed by atoms with Crippen molar-refractivity contribution in [3.8, 4) is 22.4 Å². The van der Waals surface area contributed by atoms with E-state index in [0.717, 1.165) is 44.2 Å². The second-order valence-corrected chi connectivity index (χ2v) is 10.8. The van der Waals surface area contributed by atoms with Crippen molar-refractivity contribution in [1.29, 1.82) is 0 Å². The van der Waals surface area contributed by atoms with Crippen LogP contribution in [0.4, 0.5) is 0 Å². The third-order valence-corrected chi connectivity index (χ3v) is 8.09. The molecule has 0 unspecified atom stereocenters. The van der Waals surface area contributed by atoms with Crippen molar-refractivity contribution in [3.63, 3.8) is 0 Å². The van der Waals surface area contributed by atoms with Crippen LogP contribution in [0.2, 0.25) is 0 Å². The van der Waals surface area contributed by atoms with E-state index in [4.69, 9.17) is 0 Å². The van der Waals surface area contributed by atoms with Gasteiger partial charge >= 0.3 is 0 Å². The minimum absolute atomic E-state index is 0.173. The van der Waals surface area contributed by atoms with Gasteiger partial charge in [-0.05, 0) is 76.9 Å². The number of sulfone groups is 1. The van der Waals surface area contributed by atoms with Crippen LogP contribution in [0.15, 0.2) is 103 Å². The molecule has 0 aliphatic carbocycles. The lowest BCUT2D eigenvalue weighted by Gasteiger charge is -2.12. The molecule has 0 aliphatic heterocycles. The second-order valence-electron chi connectivity index (χ2n) is 8.81. The number of nitrogens with one attached hydrogen (secondary N) is 1. The standard InChI is InChI=1S/C29H22N4O2S/c1-19-14-20(21-3-7-28-23(15-21)9-12-31-28)2-5-26(19)29-27-6-4-25(16-22(27)8-13-32-29)36(34,35)17-24-10-11-30-18-33-24/h2-16,18,31H,17H2,1H3. The summed E-state index contributed by atoms with van der Waals surface area (Å²) in [6, 6.07) is 23.5. The summed E-state index contributed by atoms with van der Waals surface area (Å²) in [6.07, 6.45) is 6.57. The molecule has 0 atom stereocenters. The number of fused-ring (bicyclic) bond motifs is 2. The van der Waals surface area contributed by atoms with Crippen molar-refractivity contribution in [1.82, 2.24) is 19.9 Å². The number of H-pyrrole nitrogens is 1. The van der Waals surface area contributed by atoms with E-state index in [1.165, 1.54) is 11.7 Å². The van der Waals surface area contributed by atoms with Crippen molar-refractivity contribution < 1.29 is 8.42 Å². The lowest BCUT2D eigenvalue weighted by molar-refractivity contribution is 0.594. The van der Waals surface area contributed by atoms with Gasteiger partial charge in [-0.2, -0.15) is 0 Å². The fourth-order valence-corrected chi connectivity index (χ4v) is 5.90. The van der Waals surface area contributed by atoms with E-state index >= 15 is 0 Å². The lowest BCUT2D eigenvalue weighted by atomic mass is 9.95. The number of aryl methyl sites for hydroxylation is 1. The first-order valence-corrected chi connectivity index (χ1v) is 13.2. The Kier molecular flexibility index (Phi) is 5.34. The number of pyridine rings is 1. The predicted octanol–water partition coefficient (Wildman–Crippen LogP) is 6.12. The minimum Gasteiger partial charge on any atom is -0.361 e. The van der Waals surface area contributed by atoms with Crippen LogP contribution >= 0.6 is 0 Å². The van der Waals surface area contributed by atoms with Gasteiger partial charge in [-0.3, -0.25) is 4.98 Å². The highest BCUT2D eigenvalue weighted by Crippen LogP contribution is 2.33. The van der Waals surface area contributed by atoms with Crippen LogP contribution in [-0.2, 0) is 15.6 Å². The summed E-state index contributed by atoms with van der Waals surface area (Å²) in [5, 5.41) is 2.91. The van der Waals surface area contributed by atoms with Gasteiger partial charge < -0.3 is 4.98 Å². The number of nitrogens with zero attached hydrogens (tertiary/aromatic N) is 3. The largest absolute Gasteiger partial charge is 0.361 e. The monoisotopic (exact) mass is 490 g/mol. The van der Waals surface area contributed by atoms with Crippen LogP contribution < -0.4 is 0 Å². The van der Waals surface area contributed by atoms with Gasteiger partial charge in [0.1, 0.15) is 6.33 Å². The number of hydrogen-bond acceptors (Lipinski definition) is 5. The van der Waals surface area contributed by atoms with E-state index in [-0.39, 0.29) is 10.6 Å². The van der Waals surface area contributed by atoms with Crippen molar-refractivity contribution in [2.75, 3.05) is 0 Å². The second kappa shape index (κ2) is 8.70. The molecule has 3 aromatic carbocycles. The molecule has 3 aromatic heterocycles. The van der Waals surface area contributed by atoms with Gasteiger partial charge in [-0.1, -0.05) is 30.3 Å². The molecule has 6 aromatic rings. The van der Waals surface area contributed by atoms with Crippen molar-refractivity contribution in [2.45, 2.75) is 17.6 Å². The molecule has 1 N–H and O–H groups in total. The van der Waals surface area contributed by atoms with Gasteiger partial charge in [0, 0.05) is 35.1 Å². The smallest absolute Gasteiger partial charge is 0.184 e. The molecule has 0 radical (unpaired) electrons. The van der Waals surface area contributed by atoms with Crippen LogP contribution in [0.3, 0.4) is 0 Å². The van der Waals surface area contributed by atoms with E-state index in [0.29, 0.717) is 5.69 Å². The molecule has 6 rings (SSSR count). The van der Waals surface area contributed by atoms with Crippen LogP contribution in [0.25, 0.3) is 44.1 Å². The molecule has 176 valence electrons. The summed E-state index contributed by atoms with van der Waals surface area (Å²) in [7, 11) is -3.55. The molecule has 0 spiro atoms. The van der Waals surface area contributed by atoms with Gasteiger partial charge in [-0.15, -0.1) is 0 Å². The summed E-state index contributed by atoms with van der Waals surface area (Å²) >= 11 is 0. The van der Waals surface area contributed by atoms with Gasteiger partial charge in [0.2, 0.25) is 0 Å². The highest BCUT2D eigenvalue weighted by atomic mass is 32.2. The summed E-state index contributed by atoms with van der Waals surface area (Å²) < 4.78 is 26.0. The van der Waals surface area contributed by atoms with Gasteiger partial charge in [0.05, 0.1) is 22.0 Å². The predicted molar refractivity (Wildman–Crippen MR) is 142 cm³/mol. The molecule has 0 fully saturated rings. The number of aromatic nitrogens is 4. The molecule has 36 heavy (non-hydrogen) atoms. The normalized spacial score (nSPS) is 11.8. The Morgan fingerprint density at radius 3 is 2.50 bits per heavy atom. The van der Waals surface area contributed by atoms with Crippen LogP contribution in [0.5, 0.6) is 0 Å². The molecule has 0 bridgehead atoms. The molecule has 0 aliphatic rings. The molecule has 3 heterocycles. The number of aromatic amines is 1. The van der Waals surface area contributed by atoms with Crippen molar-refractivity contribution in [3.05, 3.63) is 109 Å². The molecule has 0 amide bonds. The number of rotatable bonds is 5. The fourth-order valence-electron chi connectivity index (χ4n) is 4.59. The number of hydrogen-bond donors (Lipinski definition) is 1. The summed E-state index contributed by atoms with van der Waals surface area (Å²) in [5.41, 5.74) is 6.82. The first-order chi connectivity index (χ1) is 17.5. The Bertz CT molecular complexity index is 1840. The molecular formula is C29H22N4O2S. The van der Waals surface area contributed by atoms with E-state index in [1.54, 1.807) is 30.6 Å². The molecular weight excluding hydrogens is 468 g/mol. The van der Waals surface area contributed by atoms with E-state index < -0.39 is 9.84 Å². The van der Waals surface area contributed by atoms with E-state index in [9.17, 15) is 8.42 Å². The first kappa shape index (κ1) is 22.1. The topological polar surface area (TPSA) is 88.6 Å². The quantitative estimate of drug-likeness (QED) is 0.314. The first-order valence-electron chi connectivity index (χ1n) is 11.5. The summed E-state index contributed by atoms with van der Waals surface area (Å²) in [6.45, 7) is 2.08. The molecule has 6 nitrogen and oxygen atoms in total. The molecule has 0 saturated heterocycles. The van der Waals surface area contributed by atoms with Crippen molar-refractivity contribution >= 4 is 31.5 Å². The zero-order valence-electron chi connectivity index (χ0n) is 19.5. The van der Waals surface area contributed by atoms with Crippen LogP contribution in [0, 0.1) is 6.92 Å². The van der Waals surface area contributed by atoms with Gasteiger partial charge in [-0.25, -0.2) is 18.4 Å². The third-order valence-electron chi connectivity index (χ3n) is 6.44. The van der Waals surface area contributed by atoms with Gasteiger partial charge in [0.15, 0.2) is 9.84 Å². The maximum Gasteiger partial charge on any atom is 0.184 e. The zero-order chi connectivity index (χ0) is 24.7. The molecule has 0 saturated carbocycles. The minimum atomic E-state index is -3.55. The van der Waals surface area contributed by atoms with Crippen LogP contribution in [-0.4, -0.2) is 28.4 Å². The molecule has 7 heteroatoms. The average Bonchev–Trinajstić information content (AvgIpc) is 3.36. The van der Waals surface area contributed by atoms with E-state index in [2.05, 4.69) is 69.3 Å². The summed E-state index contributed by atoms with van der Waals surface area (Å²) in [5.74, 6) is -0.173. The Hall–Kier alpha value is -4.36. The van der Waals surface area contributed by atoms with Gasteiger partial charge in [0.25, 0.3) is 0 Å². The highest BCUT2D eigenvalue weighted by Gasteiger charge is 2.18. The van der Waals surface area contributed by atoms with E-state index in [1.807, 2.05) is 18.3 Å². The number of benzene rings is 3. The Morgan fingerprint density at radius 1 is 0.806 bits per heavy atom. The van der Waals surface area contributed by atoms with Crippen molar-refractivity contribution in [2.24, 2.45) is 0 Å². The summed E-state index contributed by atoms with van der Waals surface area (Å²) in [4.78, 5) is 16.1. The Labute approximate surface area is 208 Å². The van der Waals surface area contributed by atoms with Crippen LogP contribution in [0.1, 0.15) is 11.3 Å². The maximum atomic E-state index is 13.0. The lowest BCUT2D eigenvalue weighted by Crippen LogP contribution is -2.06. The highest BCUT2D eigenvalue weighted by molar-refractivity contribution is 7.90. The SMILES string of the molecule is Cc1cc(-c2ccc3[nH]ccc3c2)ccc1-c1nccc2cc(S(=O)(=O)Cc3ccncn3)ccc12. The maximum absolute atomic E-state index is 13.0.